The number of halogens is 1. The Labute approximate surface area is 143 Å². The number of rotatable bonds is 5. The number of aryl methyl sites for hydroxylation is 1. The first kappa shape index (κ1) is 17.0. The summed E-state index contributed by atoms with van der Waals surface area (Å²) in [6.45, 7) is 1.70. The lowest BCUT2D eigenvalue weighted by Crippen LogP contribution is -2.11. The summed E-state index contributed by atoms with van der Waals surface area (Å²) in [6, 6.07) is 9.57. The molecule has 1 N–H and O–H groups in total. The largest absolute Gasteiger partial charge is 0.493 e. The van der Waals surface area contributed by atoms with E-state index >= 15 is 0 Å². The Balaban J connectivity index is 2.43. The van der Waals surface area contributed by atoms with Gasteiger partial charge >= 0.3 is 10.1 Å². The second-order valence-electron chi connectivity index (χ2n) is 4.62. The molecule has 0 radical (unpaired) electrons. The number of ether oxygens (including phenoxy) is 1. The van der Waals surface area contributed by atoms with Crippen LogP contribution in [0.15, 0.2) is 41.3 Å². The van der Waals surface area contributed by atoms with Crippen molar-refractivity contribution in [3.63, 3.8) is 0 Å². The highest BCUT2D eigenvalue weighted by Crippen LogP contribution is 2.36. The molecule has 0 saturated heterocycles. The fourth-order valence-corrected chi connectivity index (χ4v) is 3.69. The Morgan fingerprint density at radius 1 is 1.18 bits per heavy atom. The van der Waals surface area contributed by atoms with Gasteiger partial charge in [-0.2, -0.15) is 8.42 Å². The smallest absolute Gasteiger partial charge is 0.339 e. The fourth-order valence-electron chi connectivity index (χ4n) is 1.81. The molecule has 0 bridgehead atoms. The van der Waals surface area contributed by atoms with Crippen LogP contribution in [0.4, 0.5) is 0 Å². The van der Waals surface area contributed by atoms with Crippen molar-refractivity contribution < 1.29 is 22.4 Å². The molecule has 0 saturated carbocycles. The second kappa shape index (κ2) is 6.84. The minimum Gasteiger partial charge on any atom is -0.493 e. The molecule has 0 amide bonds. The predicted molar refractivity (Wildman–Crippen MR) is 90.6 cm³/mol. The van der Waals surface area contributed by atoms with Crippen molar-refractivity contribution in [2.75, 3.05) is 7.11 Å². The molecule has 118 valence electrons. The SMILES string of the molecule is COc1cc(CO)cc(I)c1OS(=O)(=O)c1ccc(C)cc1. The van der Waals surface area contributed by atoms with Crippen molar-refractivity contribution in [3.05, 3.63) is 51.1 Å². The van der Waals surface area contributed by atoms with Gasteiger partial charge < -0.3 is 14.0 Å². The monoisotopic (exact) mass is 434 g/mol. The van der Waals surface area contributed by atoms with Crippen LogP contribution in [-0.4, -0.2) is 20.6 Å². The zero-order chi connectivity index (χ0) is 16.3. The van der Waals surface area contributed by atoms with Gasteiger partial charge in [-0.25, -0.2) is 0 Å². The van der Waals surface area contributed by atoms with Gasteiger partial charge in [-0.15, -0.1) is 0 Å². The average Bonchev–Trinajstić information content (AvgIpc) is 2.49. The van der Waals surface area contributed by atoms with Crippen LogP contribution < -0.4 is 8.92 Å². The number of methoxy groups -OCH3 is 1. The molecule has 0 unspecified atom stereocenters. The summed E-state index contributed by atoms with van der Waals surface area (Å²) < 4.78 is 35.7. The molecule has 0 atom stereocenters. The van der Waals surface area contributed by atoms with Crippen LogP contribution in [0.5, 0.6) is 11.5 Å². The molecule has 0 fully saturated rings. The van der Waals surface area contributed by atoms with E-state index < -0.39 is 10.1 Å². The molecule has 2 aromatic rings. The number of hydrogen-bond acceptors (Lipinski definition) is 5. The van der Waals surface area contributed by atoms with Gasteiger partial charge in [-0.3, -0.25) is 0 Å². The van der Waals surface area contributed by atoms with E-state index in [-0.39, 0.29) is 23.0 Å². The van der Waals surface area contributed by atoms with Crippen molar-refractivity contribution in [3.8, 4) is 11.5 Å². The second-order valence-corrected chi connectivity index (χ2v) is 7.33. The topological polar surface area (TPSA) is 72.8 Å². The van der Waals surface area contributed by atoms with Crippen molar-refractivity contribution in [2.45, 2.75) is 18.4 Å². The highest BCUT2D eigenvalue weighted by atomic mass is 127. The molecular weight excluding hydrogens is 419 g/mol. The van der Waals surface area contributed by atoms with E-state index in [1.54, 1.807) is 24.3 Å². The van der Waals surface area contributed by atoms with Gasteiger partial charge in [-0.05, 0) is 59.3 Å². The zero-order valence-corrected chi connectivity index (χ0v) is 15.0. The van der Waals surface area contributed by atoms with E-state index in [0.29, 0.717) is 9.13 Å². The summed E-state index contributed by atoms with van der Waals surface area (Å²) in [6.07, 6.45) is 0. The number of hydrogen-bond donors (Lipinski definition) is 1. The molecule has 2 aromatic carbocycles. The normalized spacial score (nSPS) is 11.3. The standard InChI is InChI=1S/C15H15IO5S/c1-10-3-5-12(6-4-10)22(18,19)21-15-13(16)7-11(9-17)8-14(15)20-2/h3-8,17H,9H2,1-2H3. The first-order valence-electron chi connectivity index (χ1n) is 6.36. The first-order chi connectivity index (χ1) is 10.4. The molecule has 22 heavy (non-hydrogen) atoms. The van der Waals surface area contributed by atoms with Gasteiger partial charge in [0, 0.05) is 0 Å². The number of aliphatic hydroxyl groups is 1. The maximum Gasteiger partial charge on any atom is 0.339 e. The molecule has 5 nitrogen and oxygen atoms in total. The number of benzene rings is 2. The van der Waals surface area contributed by atoms with Gasteiger partial charge in [0.1, 0.15) is 4.90 Å². The molecule has 0 spiro atoms. The lowest BCUT2D eigenvalue weighted by Gasteiger charge is -2.13. The third kappa shape index (κ3) is 3.71. The molecule has 0 aromatic heterocycles. The Morgan fingerprint density at radius 2 is 1.82 bits per heavy atom. The van der Waals surface area contributed by atoms with Crippen LogP contribution in [0.25, 0.3) is 0 Å². The van der Waals surface area contributed by atoms with Crippen molar-refractivity contribution in [1.82, 2.24) is 0 Å². The van der Waals surface area contributed by atoms with E-state index in [2.05, 4.69) is 0 Å². The summed E-state index contributed by atoms with van der Waals surface area (Å²) in [7, 11) is -2.54. The highest BCUT2D eigenvalue weighted by molar-refractivity contribution is 14.1. The zero-order valence-electron chi connectivity index (χ0n) is 12.0. The summed E-state index contributed by atoms with van der Waals surface area (Å²) in [5.74, 6) is 0.368. The molecule has 0 heterocycles. The van der Waals surface area contributed by atoms with Gasteiger partial charge in [0.05, 0.1) is 17.3 Å². The van der Waals surface area contributed by atoms with Crippen LogP contribution >= 0.6 is 22.6 Å². The van der Waals surface area contributed by atoms with E-state index in [0.717, 1.165) is 5.56 Å². The van der Waals surface area contributed by atoms with Crippen molar-refractivity contribution >= 4 is 32.7 Å². The summed E-state index contributed by atoms with van der Waals surface area (Å²) in [5, 5.41) is 9.19. The quantitative estimate of drug-likeness (QED) is 0.579. The van der Waals surface area contributed by atoms with E-state index in [1.165, 1.54) is 19.2 Å². The maximum atomic E-state index is 12.4. The van der Waals surface area contributed by atoms with Crippen LogP contribution in [0.2, 0.25) is 0 Å². The van der Waals surface area contributed by atoms with Crippen LogP contribution in [0, 0.1) is 10.5 Å². The molecular formula is C15H15IO5S. The predicted octanol–water partition coefficient (Wildman–Crippen LogP) is 2.87. The lowest BCUT2D eigenvalue weighted by molar-refractivity contribution is 0.280. The Kier molecular flexibility index (Phi) is 5.30. The highest BCUT2D eigenvalue weighted by Gasteiger charge is 2.21. The van der Waals surface area contributed by atoms with Crippen LogP contribution in [0.3, 0.4) is 0 Å². The molecule has 0 aliphatic rings. The van der Waals surface area contributed by atoms with Gasteiger partial charge in [-0.1, -0.05) is 17.7 Å². The van der Waals surface area contributed by atoms with Crippen LogP contribution in [0.1, 0.15) is 11.1 Å². The van der Waals surface area contributed by atoms with E-state index in [1.807, 2.05) is 29.5 Å². The molecule has 0 aliphatic heterocycles. The minimum absolute atomic E-state index is 0.0715. The number of aliphatic hydroxyl groups excluding tert-OH is 1. The fraction of sp³-hybridized carbons (Fsp3) is 0.200. The molecule has 7 heteroatoms. The van der Waals surface area contributed by atoms with Crippen molar-refractivity contribution in [2.24, 2.45) is 0 Å². The van der Waals surface area contributed by atoms with Crippen molar-refractivity contribution in [1.29, 1.82) is 0 Å². The summed E-state index contributed by atoms with van der Waals surface area (Å²) >= 11 is 1.94. The third-order valence-corrected chi connectivity index (χ3v) is 5.01. The van der Waals surface area contributed by atoms with E-state index in [9.17, 15) is 13.5 Å². The summed E-state index contributed by atoms with van der Waals surface area (Å²) in [4.78, 5) is 0.0715. The average molecular weight is 434 g/mol. The Morgan fingerprint density at radius 3 is 2.36 bits per heavy atom. The molecule has 0 aliphatic carbocycles. The van der Waals surface area contributed by atoms with Crippen LogP contribution in [-0.2, 0) is 16.7 Å². The van der Waals surface area contributed by atoms with E-state index in [4.69, 9.17) is 8.92 Å². The first-order valence-corrected chi connectivity index (χ1v) is 8.84. The minimum atomic E-state index is -3.95. The Bertz CT molecular complexity index is 769. The third-order valence-electron chi connectivity index (χ3n) is 2.97. The maximum absolute atomic E-state index is 12.4. The lowest BCUT2D eigenvalue weighted by atomic mass is 10.2. The molecule has 2 rings (SSSR count). The Hall–Kier alpha value is -1.32. The van der Waals surface area contributed by atoms with Gasteiger partial charge in [0.15, 0.2) is 11.5 Å². The summed E-state index contributed by atoms with van der Waals surface area (Å²) in [5.41, 5.74) is 1.57. The van der Waals surface area contributed by atoms with Gasteiger partial charge in [0.25, 0.3) is 0 Å². The van der Waals surface area contributed by atoms with Gasteiger partial charge in [0.2, 0.25) is 0 Å².